The van der Waals surface area contributed by atoms with Gasteiger partial charge in [0.15, 0.2) is 0 Å². The summed E-state index contributed by atoms with van der Waals surface area (Å²) in [6, 6.07) is 4.55. The van der Waals surface area contributed by atoms with E-state index in [1.165, 1.54) is 25.0 Å². The number of hydrogen-bond acceptors (Lipinski definition) is 0. The minimum atomic E-state index is -0.814. The highest BCUT2D eigenvalue weighted by molar-refractivity contribution is 5.66. The van der Waals surface area contributed by atoms with Gasteiger partial charge in [-0.1, -0.05) is 6.92 Å². The lowest BCUT2D eigenvalue weighted by molar-refractivity contribution is 0.467. The first-order valence-electron chi connectivity index (χ1n) is 8.13. The third kappa shape index (κ3) is 3.19. The third-order valence-corrected chi connectivity index (χ3v) is 4.94. The highest BCUT2D eigenvalue weighted by Crippen LogP contribution is 2.39. The quantitative estimate of drug-likeness (QED) is 0.552. The Morgan fingerprint density at radius 1 is 0.750 bits per heavy atom. The average molecular weight is 335 g/mol. The van der Waals surface area contributed by atoms with Crippen molar-refractivity contribution in [3.05, 3.63) is 64.6 Å². The molecule has 0 aromatic heterocycles. The summed E-state index contributed by atoms with van der Waals surface area (Å²) in [6.45, 7) is 3.38. The monoisotopic (exact) mass is 335 g/mol. The van der Waals surface area contributed by atoms with Crippen LogP contribution in [0, 0.1) is 36.1 Å². The minimum Gasteiger partial charge on any atom is -0.207 e. The Hall–Kier alpha value is -1.84. The maximum atomic E-state index is 14.5. The predicted octanol–water partition coefficient (Wildman–Crippen LogP) is 6.47. The van der Waals surface area contributed by atoms with E-state index in [-0.39, 0.29) is 22.6 Å². The van der Waals surface area contributed by atoms with Gasteiger partial charge in [-0.3, -0.25) is 0 Å². The van der Waals surface area contributed by atoms with Gasteiger partial charge in [0.1, 0.15) is 23.3 Å². The van der Waals surface area contributed by atoms with Crippen molar-refractivity contribution in [3.63, 3.8) is 0 Å². The number of halogens is 4. The summed E-state index contributed by atoms with van der Waals surface area (Å²) in [5, 5.41) is 0. The molecule has 0 nitrogen and oxygen atoms in total. The topological polar surface area (TPSA) is 0 Å². The van der Waals surface area contributed by atoms with Gasteiger partial charge in [0.25, 0.3) is 0 Å². The molecule has 4 heteroatoms. The molecule has 0 atom stereocenters. The normalized spacial score (nSPS) is 16.6. The Morgan fingerprint density at radius 3 is 1.75 bits per heavy atom. The van der Waals surface area contributed by atoms with E-state index in [1.54, 1.807) is 0 Å². The second-order valence-corrected chi connectivity index (χ2v) is 6.66. The summed E-state index contributed by atoms with van der Waals surface area (Å²) in [6.07, 6.45) is 3.67. The molecule has 1 aliphatic rings. The van der Waals surface area contributed by atoms with Crippen molar-refractivity contribution >= 4 is 0 Å². The van der Waals surface area contributed by atoms with E-state index in [9.17, 15) is 17.6 Å². The van der Waals surface area contributed by atoms with Crippen LogP contribution in [-0.4, -0.2) is 0 Å². The summed E-state index contributed by atoms with van der Waals surface area (Å²) in [5.74, 6) is -1.65. The van der Waals surface area contributed by atoms with Crippen LogP contribution in [0.4, 0.5) is 17.6 Å². The van der Waals surface area contributed by atoms with Gasteiger partial charge in [0, 0.05) is 5.56 Å². The van der Waals surface area contributed by atoms with Crippen molar-refractivity contribution < 1.29 is 17.6 Å². The van der Waals surface area contributed by atoms with Crippen LogP contribution in [-0.2, 0) is 0 Å². The molecule has 3 rings (SSSR count). The van der Waals surface area contributed by atoms with E-state index in [0.29, 0.717) is 5.56 Å². The molecule has 1 radical (unpaired) electrons. The van der Waals surface area contributed by atoms with Crippen molar-refractivity contribution in [2.75, 3.05) is 0 Å². The Bertz CT molecular complexity index is 712. The first kappa shape index (κ1) is 17.0. The van der Waals surface area contributed by atoms with E-state index >= 15 is 0 Å². The van der Waals surface area contributed by atoms with Crippen molar-refractivity contribution in [2.45, 2.75) is 45.4 Å². The first-order valence-corrected chi connectivity index (χ1v) is 8.13. The van der Waals surface area contributed by atoms with Gasteiger partial charge in [-0.15, -0.1) is 0 Å². The molecule has 0 spiro atoms. The van der Waals surface area contributed by atoms with Crippen LogP contribution in [0.15, 0.2) is 24.3 Å². The zero-order chi connectivity index (χ0) is 17.4. The van der Waals surface area contributed by atoms with E-state index in [1.807, 2.05) is 0 Å². The van der Waals surface area contributed by atoms with E-state index < -0.39 is 23.3 Å². The lowest BCUT2D eigenvalue weighted by atomic mass is 9.79. The third-order valence-electron chi connectivity index (χ3n) is 4.94. The molecule has 2 aromatic carbocycles. The van der Waals surface area contributed by atoms with Crippen LogP contribution in [0.3, 0.4) is 0 Å². The molecular weight excluding hydrogens is 316 g/mol. The van der Waals surface area contributed by atoms with Crippen molar-refractivity contribution in [3.8, 4) is 11.1 Å². The second kappa shape index (κ2) is 6.58. The fourth-order valence-corrected chi connectivity index (χ4v) is 3.34. The summed E-state index contributed by atoms with van der Waals surface area (Å²) < 4.78 is 56.4. The van der Waals surface area contributed by atoms with Crippen molar-refractivity contribution in [2.24, 2.45) is 0 Å². The van der Waals surface area contributed by atoms with Crippen molar-refractivity contribution in [1.82, 2.24) is 0 Å². The SMILES string of the molecule is C[C]1CCC(c2cc(F)c(-c3cc(F)c(C)c(F)c3)c(F)c2)CC1. The molecule has 2 aromatic rings. The molecule has 0 N–H and O–H groups in total. The van der Waals surface area contributed by atoms with Gasteiger partial charge >= 0.3 is 0 Å². The fourth-order valence-electron chi connectivity index (χ4n) is 3.34. The predicted molar refractivity (Wildman–Crippen MR) is 86.6 cm³/mol. The zero-order valence-electron chi connectivity index (χ0n) is 13.7. The van der Waals surface area contributed by atoms with Crippen molar-refractivity contribution in [1.29, 1.82) is 0 Å². The summed E-state index contributed by atoms with van der Waals surface area (Å²) >= 11 is 0. The van der Waals surface area contributed by atoms with Crippen LogP contribution in [0.2, 0.25) is 0 Å². The molecule has 1 aliphatic carbocycles. The van der Waals surface area contributed by atoms with E-state index in [2.05, 4.69) is 6.92 Å². The Morgan fingerprint density at radius 2 is 1.25 bits per heavy atom. The maximum Gasteiger partial charge on any atom is 0.134 e. The van der Waals surface area contributed by atoms with E-state index in [0.717, 1.165) is 37.8 Å². The van der Waals surface area contributed by atoms with Gasteiger partial charge in [-0.25, -0.2) is 17.6 Å². The number of benzene rings is 2. The van der Waals surface area contributed by atoms with Gasteiger partial charge in [0.2, 0.25) is 0 Å². The standard InChI is InChI=1S/C20H19F4/c1-11-3-5-13(6-4-11)14-7-18(23)20(19(24)8-14)15-9-16(21)12(2)17(22)10-15/h7-10,13H,3-6H2,1-2H3. The fraction of sp³-hybridized carbons (Fsp3) is 0.350. The highest BCUT2D eigenvalue weighted by Gasteiger charge is 2.23. The maximum absolute atomic E-state index is 14.5. The summed E-state index contributed by atoms with van der Waals surface area (Å²) in [7, 11) is 0. The zero-order valence-corrected chi connectivity index (χ0v) is 13.7. The van der Waals surface area contributed by atoms with Gasteiger partial charge in [-0.2, -0.15) is 0 Å². The second-order valence-electron chi connectivity index (χ2n) is 6.66. The molecule has 1 fully saturated rings. The molecular formula is C20H19F4. The highest BCUT2D eigenvalue weighted by atomic mass is 19.1. The number of hydrogen-bond donors (Lipinski definition) is 0. The lowest BCUT2D eigenvalue weighted by Crippen LogP contribution is -2.10. The van der Waals surface area contributed by atoms with Crippen LogP contribution in [0.25, 0.3) is 11.1 Å². The Labute approximate surface area is 139 Å². The molecule has 127 valence electrons. The van der Waals surface area contributed by atoms with Crippen LogP contribution in [0.1, 0.15) is 49.7 Å². The lowest BCUT2D eigenvalue weighted by Gasteiger charge is -2.26. The van der Waals surface area contributed by atoms with E-state index in [4.69, 9.17) is 0 Å². The molecule has 1 saturated carbocycles. The van der Waals surface area contributed by atoms with Crippen LogP contribution >= 0.6 is 0 Å². The molecule has 0 saturated heterocycles. The smallest absolute Gasteiger partial charge is 0.134 e. The first-order chi connectivity index (χ1) is 11.4. The summed E-state index contributed by atoms with van der Waals surface area (Å²) in [4.78, 5) is 0. The molecule has 0 unspecified atom stereocenters. The van der Waals surface area contributed by atoms with Crippen LogP contribution < -0.4 is 0 Å². The van der Waals surface area contributed by atoms with Gasteiger partial charge < -0.3 is 0 Å². The van der Waals surface area contributed by atoms with Crippen LogP contribution in [0.5, 0.6) is 0 Å². The molecule has 0 amide bonds. The minimum absolute atomic E-state index is 0.120. The van der Waals surface area contributed by atoms with Gasteiger partial charge in [-0.05, 0) is 79.8 Å². The molecule has 24 heavy (non-hydrogen) atoms. The molecule has 0 heterocycles. The Balaban J connectivity index is 1.99. The molecule has 0 bridgehead atoms. The number of rotatable bonds is 2. The molecule has 0 aliphatic heterocycles. The largest absolute Gasteiger partial charge is 0.207 e. The van der Waals surface area contributed by atoms with Gasteiger partial charge in [0.05, 0.1) is 5.56 Å². The summed E-state index contributed by atoms with van der Waals surface area (Å²) in [5.41, 5.74) is -0.0422. The Kier molecular flexibility index (Phi) is 4.66. The average Bonchev–Trinajstić information content (AvgIpc) is 2.52.